The van der Waals surface area contributed by atoms with Crippen LogP contribution in [0.2, 0.25) is 0 Å². The number of methoxy groups -OCH3 is 1. The van der Waals surface area contributed by atoms with Gasteiger partial charge in [-0.05, 0) is 23.6 Å². The van der Waals surface area contributed by atoms with Crippen LogP contribution in [-0.2, 0) is 22.3 Å². The molecule has 0 unspecified atom stereocenters. The van der Waals surface area contributed by atoms with Crippen LogP contribution in [0.1, 0.15) is 29.0 Å². The fourth-order valence-corrected chi connectivity index (χ4v) is 2.97. The van der Waals surface area contributed by atoms with Crippen molar-refractivity contribution in [2.24, 2.45) is 0 Å². The molecule has 102 valence electrons. The second kappa shape index (κ2) is 3.72. The fourth-order valence-electron chi connectivity index (χ4n) is 2.97. The van der Waals surface area contributed by atoms with Crippen molar-refractivity contribution in [3.05, 3.63) is 34.9 Å². The molecule has 0 spiro atoms. The number of benzene rings is 1. The number of ether oxygens (including phenoxy) is 1. The van der Waals surface area contributed by atoms with Gasteiger partial charge in [-0.1, -0.05) is 12.1 Å². The van der Waals surface area contributed by atoms with Gasteiger partial charge in [-0.2, -0.15) is 13.2 Å². The van der Waals surface area contributed by atoms with Crippen LogP contribution < -0.4 is 5.32 Å². The van der Waals surface area contributed by atoms with E-state index in [1.165, 1.54) is 13.2 Å². The van der Waals surface area contributed by atoms with Crippen molar-refractivity contribution in [3.8, 4) is 0 Å². The van der Waals surface area contributed by atoms with Crippen LogP contribution in [0.4, 0.5) is 13.2 Å². The number of rotatable bonds is 1. The smallest absolute Gasteiger partial charge is 0.416 e. The van der Waals surface area contributed by atoms with Gasteiger partial charge in [0, 0.05) is 12.5 Å². The molecule has 3 nitrogen and oxygen atoms in total. The summed E-state index contributed by atoms with van der Waals surface area (Å²) in [6, 6.07) is 4.14. The van der Waals surface area contributed by atoms with Crippen LogP contribution in [0.5, 0.6) is 0 Å². The Kier molecular flexibility index (Phi) is 2.44. The summed E-state index contributed by atoms with van der Waals surface area (Å²) in [5.41, 5.74) is -0.735. The maximum absolute atomic E-state index is 13.0. The second-order valence-electron chi connectivity index (χ2n) is 4.95. The standard InChI is InChI=1S/C13H12F3NO2/c1-19-11(18)12-5-9(12)10-7(6-17-12)3-2-4-8(10)13(14,15)16/h2-4,9,17H,5-6H2,1H3/t9-,12+/m1/s1. The molecule has 2 atom stereocenters. The topological polar surface area (TPSA) is 38.3 Å². The number of hydrogen-bond acceptors (Lipinski definition) is 3. The fraction of sp³-hybridized carbons (Fsp3) is 0.462. The first-order valence-electron chi connectivity index (χ1n) is 5.92. The Morgan fingerprint density at radius 2 is 2.21 bits per heavy atom. The first-order chi connectivity index (χ1) is 8.90. The van der Waals surface area contributed by atoms with Crippen molar-refractivity contribution < 1.29 is 22.7 Å². The van der Waals surface area contributed by atoms with Gasteiger partial charge in [-0.15, -0.1) is 0 Å². The van der Waals surface area contributed by atoms with Crippen LogP contribution in [-0.4, -0.2) is 18.6 Å². The SMILES string of the molecule is COC(=O)[C@]12C[C@@H]1c1c(cccc1C(F)(F)F)CN2. The summed E-state index contributed by atoms with van der Waals surface area (Å²) in [4.78, 5) is 11.7. The average Bonchev–Trinajstić information content (AvgIpc) is 3.12. The highest BCUT2D eigenvalue weighted by Gasteiger charge is 2.65. The van der Waals surface area contributed by atoms with E-state index in [1.807, 2.05) is 0 Å². The first kappa shape index (κ1) is 12.5. The molecule has 2 aliphatic rings. The highest BCUT2D eigenvalue weighted by Crippen LogP contribution is 2.58. The number of fused-ring (bicyclic) bond motifs is 3. The number of nitrogens with one attached hydrogen (secondary N) is 1. The maximum atomic E-state index is 13.0. The first-order valence-corrected chi connectivity index (χ1v) is 5.92. The van der Waals surface area contributed by atoms with E-state index >= 15 is 0 Å². The summed E-state index contributed by atoms with van der Waals surface area (Å²) in [6.45, 7) is 0.255. The Balaban J connectivity index is 2.08. The van der Waals surface area contributed by atoms with Gasteiger partial charge in [0.25, 0.3) is 0 Å². The van der Waals surface area contributed by atoms with E-state index in [-0.39, 0.29) is 12.1 Å². The molecule has 1 fully saturated rings. The van der Waals surface area contributed by atoms with Gasteiger partial charge in [0.1, 0.15) is 5.54 Å². The molecule has 0 amide bonds. The normalized spacial score (nSPS) is 28.3. The van der Waals surface area contributed by atoms with Crippen molar-refractivity contribution in [1.82, 2.24) is 5.32 Å². The van der Waals surface area contributed by atoms with E-state index in [0.717, 1.165) is 6.07 Å². The van der Waals surface area contributed by atoms with Crippen molar-refractivity contribution in [2.75, 3.05) is 7.11 Å². The number of hydrogen-bond donors (Lipinski definition) is 1. The third-order valence-corrected chi connectivity index (χ3v) is 3.96. The molecule has 0 aromatic heterocycles. The summed E-state index contributed by atoms with van der Waals surface area (Å²) in [5, 5.41) is 3.01. The molecule has 1 aromatic rings. The van der Waals surface area contributed by atoms with E-state index in [9.17, 15) is 18.0 Å². The second-order valence-corrected chi connectivity index (χ2v) is 4.95. The maximum Gasteiger partial charge on any atom is 0.416 e. The molecule has 0 saturated heterocycles. The van der Waals surface area contributed by atoms with Crippen molar-refractivity contribution in [3.63, 3.8) is 0 Å². The van der Waals surface area contributed by atoms with Crippen molar-refractivity contribution in [1.29, 1.82) is 0 Å². The largest absolute Gasteiger partial charge is 0.468 e. The number of esters is 1. The van der Waals surface area contributed by atoms with E-state index in [2.05, 4.69) is 5.32 Å². The molecule has 0 bridgehead atoms. The molecule has 19 heavy (non-hydrogen) atoms. The van der Waals surface area contributed by atoms with Gasteiger partial charge in [-0.3, -0.25) is 10.1 Å². The molecular formula is C13H12F3NO2. The number of carbonyl (C=O) groups excluding carboxylic acids is 1. The third kappa shape index (κ3) is 1.66. The van der Waals surface area contributed by atoms with E-state index < -0.39 is 29.2 Å². The van der Waals surface area contributed by atoms with Gasteiger partial charge < -0.3 is 4.74 Å². The zero-order valence-electron chi connectivity index (χ0n) is 10.2. The predicted octanol–water partition coefficient (Wildman–Crippen LogP) is 2.21. The Bertz CT molecular complexity index is 555. The lowest BCUT2D eigenvalue weighted by atomic mass is 9.91. The van der Waals surface area contributed by atoms with Crippen LogP contribution in [0.15, 0.2) is 18.2 Å². The molecular weight excluding hydrogens is 259 g/mol. The van der Waals surface area contributed by atoms with E-state index in [0.29, 0.717) is 12.0 Å². The van der Waals surface area contributed by atoms with Gasteiger partial charge in [0.05, 0.1) is 12.7 Å². The van der Waals surface area contributed by atoms with Gasteiger partial charge in [-0.25, -0.2) is 0 Å². The molecule has 1 aliphatic heterocycles. The molecule has 6 heteroatoms. The van der Waals surface area contributed by atoms with Crippen LogP contribution in [0.3, 0.4) is 0 Å². The molecule has 1 saturated carbocycles. The van der Waals surface area contributed by atoms with E-state index in [4.69, 9.17) is 4.74 Å². The van der Waals surface area contributed by atoms with Gasteiger partial charge >= 0.3 is 12.1 Å². The molecule has 0 radical (unpaired) electrons. The van der Waals surface area contributed by atoms with Gasteiger partial charge in [0.2, 0.25) is 0 Å². The summed E-state index contributed by atoms with van der Waals surface area (Å²) < 4.78 is 43.8. The zero-order valence-corrected chi connectivity index (χ0v) is 10.2. The lowest BCUT2D eigenvalue weighted by Crippen LogP contribution is -2.44. The van der Waals surface area contributed by atoms with Crippen molar-refractivity contribution in [2.45, 2.75) is 30.6 Å². The van der Waals surface area contributed by atoms with Crippen molar-refractivity contribution >= 4 is 5.97 Å². The zero-order chi connectivity index (χ0) is 13.8. The Labute approximate surface area is 107 Å². The summed E-state index contributed by atoms with van der Waals surface area (Å²) in [6.07, 6.45) is -4.03. The Morgan fingerprint density at radius 3 is 2.84 bits per heavy atom. The lowest BCUT2D eigenvalue weighted by molar-refractivity contribution is -0.145. The number of halogens is 3. The van der Waals surface area contributed by atoms with E-state index in [1.54, 1.807) is 6.07 Å². The van der Waals surface area contributed by atoms with Gasteiger partial charge in [0.15, 0.2) is 0 Å². The molecule has 1 N–H and O–H groups in total. The molecule has 1 aromatic carbocycles. The number of carbonyl (C=O) groups is 1. The Morgan fingerprint density at radius 1 is 1.47 bits per heavy atom. The summed E-state index contributed by atoms with van der Waals surface area (Å²) in [7, 11) is 1.25. The number of alkyl halides is 3. The monoisotopic (exact) mass is 271 g/mol. The molecule has 3 rings (SSSR count). The summed E-state index contributed by atoms with van der Waals surface area (Å²) in [5.74, 6) is -0.929. The minimum Gasteiger partial charge on any atom is -0.468 e. The minimum atomic E-state index is -4.40. The average molecular weight is 271 g/mol. The van der Waals surface area contributed by atoms with Crippen LogP contribution in [0, 0.1) is 0 Å². The molecule has 1 heterocycles. The highest BCUT2D eigenvalue weighted by atomic mass is 19.4. The molecule has 1 aliphatic carbocycles. The highest BCUT2D eigenvalue weighted by molar-refractivity contribution is 5.88. The van der Waals surface area contributed by atoms with Crippen LogP contribution in [0.25, 0.3) is 0 Å². The van der Waals surface area contributed by atoms with Crippen LogP contribution >= 0.6 is 0 Å². The lowest BCUT2D eigenvalue weighted by Gasteiger charge is -2.26. The minimum absolute atomic E-state index is 0.249. The summed E-state index contributed by atoms with van der Waals surface area (Å²) >= 11 is 0. The Hall–Kier alpha value is -1.56. The predicted molar refractivity (Wildman–Crippen MR) is 60.4 cm³/mol. The quantitative estimate of drug-likeness (QED) is 0.796. The third-order valence-electron chi connectivity index (χ3n) is 3.96.